The minimum Gasteiger partial charge on any atom is -0.350 e. The second kappa shape index (κ2) is 9.18. The molecule has 0 aromatic heterocycles. The van der Waals surface area contributed by atoms with E-state index in [1.54, 1.807) is 0 Å². The molecule has 0 atom stereocenters. The highest BCUT2D eigenvalue weighted by molar-refractivity contribution is 5.94. The third-order valence-electron chi connectivity index (χ3n) is 4.13. The van der Waals surface area contributed by atoms with Crippen LogP contribution >= 0.6 is 12.4 Å². The molecule has 1 heterocycles. The molecule has 0 bridgehead atoms. The minimum atomic E-state index is -3.16. The zero-order chi connectivity index (χ0) is 18.6. The van der Waals surface area contributed by atoms with E-state index in [1.165, 1.54) is 4.90 Å². The van der Waals surface area contributed by atoms with Gasteiger partial charge in [0.05, 0.1) is 18.7 Å². The van der Waals surface area contributed by atoms with Crippen LogP contribution in [0.1, 0.15) is 23.2 Å². The minimum absolute atomic E-state index is 0. The molecule has 0 radical (unpaired) electrons. The zero-order valence-electron chi connectivity index (χ0n) is 13.8. The Labute approximate surface area is 154 Å². The molecule has 10 heteroatoms. The standard InChI is InChI=1S/C16H19F4N3O2.ClH/c17-11-1-2-12(13(18)7-11)15(25)23-5-3-10(4-6-23)14(24)22-9-16(19,20)8-21;/h1-2,7,10H,3-6,8-9,21H2,(H,22,24);1H. The quantitative estimate of drug-likeness (QED) is 0.746. The van der Waals surface area contributed by atoms with Crippen LogP contribution in [-0.2, 0) is 4.79 Å². The van der Waals surface area contributed by atoms with Crippen molar-refractivity contribution in [3.8, 4) is 0 Å². The van der Waals surface area contributed by atoms with E-state index in [1.807, 2.05) is 0 Å². The fourth-order valence-electron chi connectivity index (χ4n) is 2.61. The first kappa shape index (κ1) is 22.2. The number of carbonyl (C=O) groups excluding carboxylic acids is 2. The Morgan fingerprint density at radius 1 is 1.23 bits per heavy atom. The van der Waals surface area contributed by atoms with E-state index in [9.17, 15) is 27.2 Å². The molecule has 0 aliphatic carbocycles. The van der Waals surface area contributed by atoms with Crippen molar-refractivity contribution in [3.63, 3.8) is 0 Å². The van der Waals surface area contributed by atoms with Crippen LogP contribution in [0.15, 0.2) is 18.2 Å². The first-order valence-electron chi connectivity index (χ1n) is 7.83. The van der Waals surface area contributed by atoms with Crippen LogP contribution in [0.25, 0.3) is 0 Å². The van der Waals surface area contributed by atoms with Crippen molar-refractivity contribution in [1.29, 1.82) is 0 Å². The van der Waals surface area contributed by atoms with E-state index in [0.29, 0.717) is 6.07 Å². The molecule has 146 valence electrons. The summed E-state index contributed by atoms with van der Waals surface area (Å²) in [6.07, 6.45) is 0.545. The van der Waals surface area contributed by atoms with Crippen LogP contribution in [0.3, 0.4) is 0 Å². The zero-order valence-corrected chi connectivity index (χ0v) is 14.6. The molecular weight excluding hydrogens is 378 g/mol. The molecule has 26 heavy (non-hydrogen) atoms. The summed E-state index contributed by atoms with van der Waals surface area (Å²) in [7, 11) is 0. The molecule has 0 saturated carbocycles. The third kappa shape index (κ3) is 5.57. The van der Waals surface area contributed by atoms with Crippen LogP contribution in [0.2, 0.25) is 0 Å². The number of piperidine rings is 1. The molecule has 2 amide bonds. The van der Waals surface area contributed by atoms with Crippen molar-refractivity contribution >= 4 is 24.2 Å². The first-order chi connectivity index (χ1) is 11.7. The van der Waals surface area contributed by atoms with Crippen molar-refractivity contribution in [2.24, 2.45) is 11.7 Å². The molecule has 1 aromatic carbocycles. The number of carbonyl (C=O) groups is 2. The number of rotatable bonds is 5. The van der Waals surface area contributed by atoms with Crippen LogP contribution in [0.5, 0.6) is 0 Å². The summed E-state index contributed by atoms with van der Waals surface area (Å²) < 4.78 is 52.7. The maximum atomic E-state index is 13.7. The average Bonchev–Trinajstić information content (AvgIpc) is 2.59. The highest BCUT2D eigenvalue weighted by atomic mass is 35.5. The Morgan fingerprint density at radius 2 is 1.85 bits per heavy atom. The Hall–Kier alpha value is -1.87. The number of nitrogens with two attached hydrogens (primary N) is 1. The molecule has 1 aliphatic heterocycles. The van der Waals surface area contributed by atoms with E-state index in [0.717, 1.165) is 12.1 Å². The normalized spacial score (nSPS) is 15.3. The second-order valence-corrected chi connectivity index (χ2v) is 5.97. The van der Waals surface area contributed by atoms with Gasteiger partial charge >= 0.3 is 0 Å². The molecule has 1 aliphatic rings. The van der Waals surface area contributed by atoms with Crippen LogP contribution in [-0.4, -0.2) is 48.8 Å². The molecule has 3 N–H and O–H groups in total. The SMILES string of the molecule is Cl.NCC(F)(F)CNC(=O)C1CCN(C(=O)c2ccc(F)cc2F)CC1. The average molecular weight is 398 g/mol. The highest BCUT2D eigenvalue weighted by Crippen LogP contribution is 2.21. The Bertz CT molecular complexity index is 652. The molecule has 1 saturated heterocycles. The van der Waals surface area contributed by atoms with Gasteiger partial charge in [0, 0.05) is 25.1 Å². The first-order valence-corrected chi connectivity index (χ1v) is 7.83. The Morgan fingerprint density at radius 3 is 2.38 bits per heavy atom. The van der Waals surface area contributed by atoms with Gasteiger partial charge in [0.25, 0.3) is 11.8 Å². The van der Waals surface area contributed by atoms with Crippen LogP contribution in [0, 0.1) is 17.6 Å². The fraction of sp³-hybridized carbons (Fsp3) is 0.500. The lowest BCUT2D eigenvalue weighted by Gasteiger charge is -2.31. The van der Waals surface area contributed by atoms with Gasteiger partial charge in [-0.15, -0.1) is 12.4 Å². The van der Waals surface area contributed by atoms with Gasteiger partial charge in [-0.25, -0.2) is 17.6 Å². The summed E-state index contributed by atoms with van der Waals surface area (Å²) in [5.41, 5.74) is 4.66. The maximum absolute atomic E-state index is 13.7. The number of alkyl halides is 2. The van der Waals surface area contributed by atoms with Crippen LogP contribution in [0.4, 0.5) is 17.6 Å². The molecule has 0 unspecified atom stereocenters. The van der Waals surface area contributed by atoms with Gasteiger partial charge in [-0.3, -0.25) is 9.59 Å². The second-order valence-electron chi connectivity index (χ2n) is 5.97. The van der Waals surface area contributed by atoms with Gasteiger partial charge in [-0.2, -0.15) is 0 Å². The molecular formula is C16H20ClF4N3O2. The Balaban J connectivity index is 0.00000338. The lowest BCUT2D eigenvalue weighted by Crippen LogP contribution is -2.47. The van der Waals surface area contributed by atoms with Crippen molar-refractivity contribution in [2.75, 3.05) is 26.2 Å². The lowest BCUT2D eigenvalue weighted by molar-refractivity contribution is -0.128. The number of halogens is 5. The number of likely N-dealkylation sites (tertiary alicyclic amines) is 1. The van der Waals surface area contributed by atoms with Gasteiger partial charge in [0.15, 0.2) is 0 Å². The predicted molar refractivity (Wildman–Crippen MR) is 89.2 cm³/mol. The third-order valence-corrected chi connectivity index (χ3v) is 4.13. The van der Waals surface area contributed by atoms with Gasteiger partial charge < -0.3 is 16.0 Å². The van der Waals surface area contributed by atoms with Crippen LogP contribution < -0.4 is 11.1 Å². The Kier molecular flexibility index (Phi) is 7.83. The predicted octanol–water partition coefficient (Wildman–Crippen LogP) is 1.95. The molecule has 1 fully saturated rings. The summed E-state index contributed by atoms with van der Waals surface area (Å²) in [6, 6.07) is 2.69. The molecule has 1 aromatic rings. The van der Waals surface area contributed by atoms with E-state index in [2.05, 4.69) is 5.32 Å². The number of amides is 2. The summed E-state index contributed by atoms with van der Waals surface area (Å²) in [5.74, 6) is -6.51. The number of hydrogen-bond acceptors (Lipinski definition) is 3. The summed E-state index contributed by atoms with van der Waals surface area (Å²) in [6.45, 7) is -1.33. The number of nitrogens with one attached hydrogen (secondary N) is 1. The van der Waals surface area contributed by atoms with Gasteiger partial charge in [-0.1, -0.05) is 0 Å². The topological polar surface area (TPSA) is 75.4 Å². The van der Waals surface area contributed by atoms with Crippen molar-refractivity contribution in [3.05, 3.63) is 35.4 Å². The van der Waals surface area contributed by atoms with E-state index >= 15 is 0 Å². The van der Waals surface area contributed by atoms with Gasteiger partial charge in [0.1, 0.15) is 11.6 Å². The summed E-state index contributed by atoms with van der Waals surface area (Å²) in [4.78, 5) is 25.5. The molecule has 5 nitrogen and oxygen atoms in total. The summed E-state index contributed by atoms with van der Waals surface area (Å²) in [5, 5.41) is 2.16. The number of hydrogen-bond donors (Lipinski definition) is 2. The van der Waals surface area contributed by atoms with E-state index in [4.69, 9.17) is 5.73 Å². The smallest absolute Gasteiger partial charge is 0.277 e. The summed E-state index contributed by atoms with van der Waals surface area (Å²) >= 11 is 0. The van der Waals surface area contributed by atoms with Crippen molar-refractivity contribution < 1.29 is 27.2 Å². The number of benzene rings is 1. The highest BCUT2D eigenvalue weighted by Gasteiger charge is 2.32. The van der Waals surface area contributed by atoms with Gasteiger partial charge in [-0.05, 0) is 25.0 Å². The largest absolute Gasteiger partial charge is 0.350 e. The van der Waals surface area contributed by atoms with E-state index < -0.39 is 48.4 Å². The van der Waals surface area contributed by atoms with E-state index in [-0.39, 0.29) is 43.9 Å². The fourth-order valence-corrected chi connectivity index (χ4v) is 2.61. The lowest BCUT2D eigenvalue weighted by atomic mass is 9.95. The maximum Gasteiger partial charge on any atom is 0.277 e. The van der Waals surface area contributed by atoms with Crippen molar-refractivity contribution in [2.45, 2.75) is 18.8 Å². The van der Waals surface area contributed by atoms with Crippen molar-refractivity contribution in [1.82, 2.24) is 10.2 Å². The monoisotopic (exact) mass is 397 g/mol. The molecule has 2 rings (SSSR count). The number of nitrogens with zero attached hydrogens (tertiary/aromatic N) is 1. The molecule has 0 spiro atoms. The van der Waals surface area contributed by atoms with Gasteiger partial charge in [0.2, 0.25) is 5.91 Å².